The van der Waals surface area contributed by atoms with E-state index in [1.165, 1.54) is 30.4 Å². The number of thiocarbonyl (C=S) groups is 1. The number of carbonyl (C=O) groups excluding carboxylic acids is 4. The van der Waals surface area contributed by atoms with Crippen molar-refractivity contribution in [3.8, 4) is 28.0 Å². The largest absolute Gasteiger partial charge is 0.491 e. The number of hydrogen-bond donors (Lipinski definition) is 2. The first kappa shape index (κ1) is 55.7. The minimum absolute atomic E-state index is 0.0385. The van der Waals surface area contributed by atoms with Gasteiger partial charge >= 0.3 is 6.18 Å². The number of aromatic nitrogens is 1. The van der Waals surface area contributed by atoms with E-state index in [1.54, 1.807) is 60.7 Å². The third-order valence-corrected chi connectivity index (χ3v) is 15.8. The van der Waals surface area contributed by atoms with Crippen LogP contribution in [0, 0.1) is 54.8 Å². The fourth-order valence-electron chi connectivity index (χ4n) is 10.6. The summed E-state index contributed by atoms with van der Waals surface area (Å²) < 4.78 is 64.8. The summed E-state index contributed by atoms with van der Waals surface area (Å²) in [5.74, 6) is -3.39. The van der Waals surface area contributed by atoms with Crippen LogP contribution in [0.4, 0.5) is 24.5 Å². The van der Waals surface area contributed by atoms with Gasteiger partial charge in [0.1, 0.15) is 36.0 Å². The fraction of sp³-hybridized carbons (Fsp3) is 0.421. The molecule has 5 atom stereocenters. The van der Waals surface area contributed by atoms with E-state index in [-0.39, 0.29) is 98.8 Å². The minimum Gasteiger partial charge on any atom is -0.491 e. The van der Waals surface area contributed by atoms with E-state index in [4.69, 9.17) is 31.2 Å². The third kappa shape index (κ3) is 11.7. The number of ketones is 2. The Morgan fingerprint density at radius 2 is 1.59 bits per heavy atom. The van der Waals surface area contributed by atoms with Gasteiger partial charge in [0.15, 0.2) is 10.9 Å². The predicted octanol–water partition coefficient (Wildman–Crippen LogP) is 9.62. The van der Waals surface area contributed by atoms with E-state index in [0.29, 0.717) is 40.3 Å². The molecule has 1 aliphatic heterocycles. The summed E-state index contributed by atoms with van der Waals surface area (Å²) in [5.41, 5.74) is 4.24. The lowest BCUT2D eigenvalue weighted by Crippen LogP contribution is -2.44. The van der Waals surface area contributed by atoms with Gasteiger partial charge in [-0.15, -0.1) is 11.3 Å². The molecule has 1 aromatic heterocycles. The number of aliphatic hydroxyl groups is 1. The van der Waals surface area contributed by atoms with Gasteiger partial charge in [-0.2, -0.15) is 18.4 Å². The van der Waals surface area contributed by atoms with Crippen molar-refractivity contribution >= 4 is 63.4 Å². The van der Waals surface area contributed by atoms with Crippen LogP contribution >= 0.6 is 23.6 Å². The Balaban J connectivity index is 0.802. The molecule has 2 heterocycles. The summed E-state index contributed by atoms with van der Waals surface area (Å²) in [6.07, 6.45) is -4.89. The van der Waals surface area contributed by atoms with Gasteiger partial charge in [-0.3, -0.25) is 24.1 Å². The number of thiazole rings is 1. The molecule has 0 radical (unpaired) electrons. The summed E-state index contributed by atoms with van der Waals surface area (Å²) in [5, 5.41) is 23.6. The van der Waals surface area contributed by atoms with Crippen LogP contribution in [-0.2, 0) is 43.0 Å². The van der Waals surface area contributed by atoms with E-state index in [2.05, 4.69) is 16.4 Å². The van der Waals surface area contributed by atoms with Gasteiger partial charge < -0.3 is 34.3 Å². The van der Waals surface area contributed by atoms with Gasteiger partial charge in [0.05, 0.1) is 77.4 Å². The van der Waals surface area contributed by atoms with E-state index in [9.17, 15) is 42.7 Å². The highest BCUT2D eigenvalue weighted by Gasteiger charge is 2.51. The molecule has 2 aliphatic carbocycles. The molecule has 3 unspecified atom stereocenters. The molecule has 0 spiro atoms. The zero-order valence-electron chi connectivity index (χ0n) is 43.1. The maximum absolute atomic E-state index is 14.5. The monoisotopic (exact) mass is 1080 g/mol. The highest BCUT2D eigenvalue weighted by atomic mass is 32.1. The first-order chi connectivity index (χ1) is 36.2. The van der Waals surface area contributed by atoms with Crippen LogP contribution in [-0.4, -0.2) is 89.9 Å². The molecule has 1 saturated carbocycles. The number of aryl methyl sites for hydroxylation is 2. The molecule has 8 rings (SSSR count). The van der Waals surface area contributed by atoms with Crippen LogP contribution in [0.15, 0.2) is 84.4 Å². The lowest BCUT2D eigenvalue weighted by molar-refractivity contribution is -0.138. The van der Waals surface area contributed by atoms with Gasteiger partial charge in [0.2, 0.25) is 5.91 Å². The second-order valence-corrected chi connectivity index (χ2v) is 21.4. The lowest BCUT2D eigenvalue weighted by atomic mass is 9.72. The van der Waals surface area contributed by atoms with E-state index < -0.39 is 53.0 Å². The molecule has 3 aliphatic rings. The predicted molar refractivity (Wildman–Crippen MR) is 284 cm³/mol. The zero-order chi connectivity index (χ0) is 54.6. The average Bonchev–Trinajstić information content (AvgIpc) is 4.18. The van der Waals surface area contributed by atoms with Gasteiger partial charge in [0, 0.05) is 41.1 Å². The summed E-state index contributed by atoms with van der Waals surface area (Å²) in [4.78, 5) is 63.9. The van der Waals surface area contributed by atoms with Crippen molar-refractivity contribution < 1.29 is 56.4 Å². The second kappa shape index (κ2) is 23.4. The van der Waals surface area contributed by atoms with Crippen LogP contribution < -0.4 is 24.6 Å². The second-order valence-electron chi connectivity index (χ2n) is 20.2. The number of anilines is 2. The van der Waals surface area contributed by atoms with Crippen molar-refractivity contribution in [3.05, 3.63) is 123 Å². The SMILES string of the molecule is Cc1ccc(N2C(=O)C(C)(C)N(c3ccc(OCCOCCOCCOc4cc(-c5scnc5C)ccc4CNC(=O)[C@@H]4C[C@@H](O)CC4C(=O)C(C(C)C)C4Cc5cccc(C#N)c5C4=O)cc3)C2=S)cc1C(F)(F)F. The van der Waals surface area contributed by atoms with Crippen molar-refractivity contribution in [1.29, 1.82) is 5.26 Å². The van der Waals surface area contributed by atoms with Gasteiger partial charge in [-0.05, 0) is 130 Å². The summed E-state index contributed by atoms with van der Waals surface area (Å²) in [7, 11) is 0. The number of carbonyl (C=O) groups is 4. The molecular weight excluding hydrogens is 1020 g/mol. The molecule has 0 bridgehead atoms. The third-order valence-electron chi connectivity index (χ3n) is 14.4. The Labute approximate surface area is 449 Å². The number of nitriles is 1. The number of rotatable bonds is 21. The Kier molecular flexibility index (Phi) is 17.1. The molecule has 14 nitrogen and oxygen atoms in total. The van der Waals surface area contributed by atoms with E-state index in [0.717, 1.165) is 32.7 Å². The topological polar surface area (TPSA) is 181 Å². The lowest BCUT2D eigenvalue weighted by Gasteiger charge is -2.29. The standard InChI is InChI=1S/C57H60F3N5O9S2/c1-32(2)48(45-24-35-8-7-9-37(29-61)49(35)51(45)68)50(67)43-27-41(66)28-44(43)53(69)62-30-38-12-11-36(52-34(4)63-31-76-52)25-47(38)74-23-21-72-19-18-71-20-22-73-42-16-14-39(15-17-42)65-55(75)64(54(70)56(65,5)6)40-13-10-33(3)46(26-40)57(58,59)60/h7-17,25-26,31-32,41,43-45,48,66H,18-24,27-28,30H2,1-6H3,(H,62,69)/t41-,43?,44+,45?,48?/m0/s1. The van der Waals surface area contributed by atoms with Gasteiger partial charge in [-0.25, -0.2) is 4.98 Å². The molecule has 400 valence electrons. The molecule has 19 heteroatoms. The Hall–Kier alpha value is -6.56. The summed E-state index contributed by atoms with van der Waals surface area (Å²) in [6, 6.07) is 23.6. The van der Waals surface area contributed by atoms with Crippen LogP contribution in [0.25, 0.3) is 10.4 Å². The number of aliphatic hydroxyl groups excluding tert-OH is 1. The van der Waals surface area contributed by atoms with Gasteiger partial charge in [0.25, 0.3) is 5.91 Å². The summed E-state index contributed by atoms with van der Waals surface area (Å²) >= 11 is 7.17. The maximum Gasteiger partial charge on any atom is 0.416 e. The van der Waals surface area contributed by atoms with Crippen LogP contribution in [0.2, 0.25) is 0 Å². The van der Waals surface area contributed by atoms with Gasteiger partial charge in [-0.1, -0.05) is 44.2 Å². The number of amides is 2. The molecule has 5 aromatic rings. The first-order valence-corrected chi connectivity index (χ1v) is 26.5. The normalized spacial score (nSPS) is 19.5. The van der Waals surface area contributed by atoms with E-state index >= 15 is 0 Å². The number of Topliss-reactive ketones (excluding diaryl/α,β-unsaturated/α-hetero) is 2. The Morgan fingerprint density at radius 3 is 2.25 bits per heavy atom. The average molecular weight is 1080 g/mol. The van der Waals surface area contributed by atoms with Crippen molar-refractivity contribution in [2.75, 3.05) is 49.4 Å². The smallest absolute Gasteiger partial charge is 0.416 e. The van der Waals surface area contributed by atoms with Crippen LogP contribution in [0.3, 0.4) is 0 Å². The first-order valence-electron chi connectivity index (χ1n) is 25.2. The van der Waals surface area contributed by atoms with Crippen molar-refractivity contribution in [3.63, 3.8) is 0 Å². The zero-order valence-corrected chi connectivity index (χ0v) is 44.7. The molecule has 2 fully saturated rings. The molecule has 4 aromatic carbocycles. The van der Waals surface area contributed by atoms with Crippen molar-refractivity contribution in [2.45, 2.75) is 85.2 Å². The number of hydrogen-bond acceptors (Lipinski definition) is 13. The Morgan fingerprint density at radius 1 is 0.921 bits per heavy atom. The highest BCUT2D eigenvalue weighted by molar-refractivity contribution is 7.81. The quantitative estimate of drug-likeness (QED) is 0.0524. The number of nitrogens with one attached hydrogen (secondary N) is 1. The number of fused-ring (bicyclic) bond motifs is 1. The highest BCUT2D eigenvalue weighted by Crippen LogP contribution is 2.44. The summed E-state index contributed by atoms with van der Waals surface area (Å²) in [6.45, 7) is 11.9. The molecule has 2 amide bonds. The molecule has 2 N–H and O–H groups in total. The van der Waals surface area contributed by atoms with Crippen molar-refractivity contribution in [2.24, 2.45) is 29.6 Å². The van der Waals surface area contributed by atoms with Crippen LogP contribution in [0.1, 0.15) is 84.4 Å². The number of halogens is 3. The minimum atomic E-state index is -4.59. The van der Waals surface area contributed by atoms with Crippen LogP contribution in [0.5, 0.6) is 11.5 Å². The fourth-order valence-corrected chi connectivity index (χ4v) is 12.0. The molecule has 1 saturated heterocycles. The molecular formula is C57H60F3N5O9S2. The number of nitrogens with zero attached hydrogens (tertiary/aromatic N) is 4. The maximum atomic E-state index is 14.5. The number of ether oxygens (including phenoxy) is 4. The van der Waals surface area contributed by atoms with E-state index in [1.807, 2.05) is 45.0 Å². The number of alkyl halides is 3. The number of benzene rings is 4. The van der Waals surface area contributed by atoms with Crippen molar-refractivity contribution in [1.82, 2.24) is 10.3 Å². The Bertz CT molecular complexity index is 3050. The molecule has 76 heavy (non-hydrogen) atoms.